The third kappa shape index (κ3) is 3.72. The number of carboxylic acids is 1. The van der Waals surface area contributed by atoms with Gasteiger partial charge in [-0.05, 0) is 50.3 Å². The maximum absolute atomic E-state index is 11.3. The van der Waals surface area contributed by atoms with Crippen LogP contribution in [-0.2, 0) is 0 Å². The van der Waals surface area contributed by atoms with Crippen molar-refractivity contribution in [1.82, 2.24) is 0 Å². The molecule has 0 amide bonds. The van der Waals surface area contributed by atoms with Crippen LogP contribution in [0.1, 0.15) is 54.4 Å². The summed E-state index contributed by atoms with van der Waals surface area (Å²) in [6.45, 7) is 1.89. The van der Waals surface area contributed by atoms with Gasteiger partial charge in [0, 0.05) is 4.47 Å². The first-order chi connectivity index (χ1) is 9.08. The molecule has 2 rings (SSSR count). The summed E-state index contributed by atoms with van der Waals surface area (Å²) in [5, 5.41) is 9.30. The van der Waals surface area contributed by atoms with E-state index in [-0.39, 0.29) is 11.7 Å². The van der Waals surface area contributed by atoms with E-state index in [2.05, 4.69) is 15.9 Å². The van der Waals surface area contributed by atoms with Crippen LogP contribution in [0, 0.1) is 6.92 Å². The zero-order valence-corrected chi connectivity index (χ0v) is 12.7. The van der Waals surface area contributed by atoms with Gasteiger partial charge in [0.05, 0.1) is 6.10 Å². The first kappa shape index (κ1) is 14.4. The molecule has 19 heavy (non-hydrogen) atoms. The molecule has 0 saturated heterocycles. The fraction of sp³-hybridized carbons (Fsp3) is 0.533. The molecule has 0 aromatic heterocycles. The van der Waals surface area contributed by atoms with Crippen molar-refractivity contribution in [2.24, 2.45) is 0 Å². The highest BCUT2D eigenvalue weighted by Gasteiger charge is 2.20. The van der Waals surface area contributed by atoms with Crippen LogP contribution >= 0.6 is 15.9 Å². The fourth-order valence-electron chi connectivity index (χ4n) is 2.57. The van der Waals surface area contributed by atoms with Crippen molar-refractivity contribution in [3.05, 3.63) is 27.7 Å². The third-order valence-corrected chi connectivity index (χ3v) is 4.01. The van der Waals surface area contributed by atoms with Gasteiger partial charge in [-0.25, -0.2) is 4.79 Å². The normalized spacial score (nSPS) is 16.9. The van der Waals surface area contributed by atoms with Gasteiger partial charge in [0.25, 0.3) is 0 Å². The Morgan fingerprint density at radius 2 is 1.89 bits per heavy atom. The lowest BCUT2D eigenvalue weighted by Crippen LogP contribution is -2.17. The number of halogens is 1. The quantitative estimate of drug-likeness (QED) is 0.828. The first-order valence-electron chi connectivity index (χ1n) is 6.78. The summed E-state index contributed by atoms with van der Waals surface area (Å²) in [5.74, 6) is -0.407. The van der Waals surface area contributed by atoms with Gasteiger partial charge in [0.15, 0.2) is 0 Å². The van der Waals surface area contributed by atoms with Crippen molar-refractivity contribution < 1.29 is 14.6 Å². The second kappa shape index (κ2) is 6.42. The largest absolute Gasteiger partial charge is 0.489 e. The van der Waals surface area contributed by atoms with Crippen molar-refractivity contribution in [1.29, 1.82) is 0 Å². The molecule has 0 unspecified atom stereocenters. The summed E-state index contributed by atoms with van der Waals surface area (Å²) in [6, 6.07) is 3.51. The molecule has 1 aliphatic rings. The Morgan fingerprint density at radius 3 is 2.47 bits per heavy atom. The van der Waals surface area contributed by atoms with E-state index in [0.717, 1.165) is 22.9 Å². The number of carboxylic acid groups (broad SMARTS) is 1. The zero-order chi connectivity index (χ0) is 13.8. The van der Waals surface area contributed by atoms with Crippen LogP contribution in [0.2, 0.25) is 0 Å². The van der Waals surface area contributed by atoms with Gasteiger partial charge in [-0.1, -0.05) is 28.8 Å². The Labute approximate surface area is 122 Å². The molecular formula is C15H19BrO3. The molecule has 4 heteroatoms. The summed E-state index contributed by atoms with van der Waals surface area (Å²) < 4.78 is 6.79. The van der Waals surface area contributed by atoms with Crippen molar-refractivity contribution in [3.63, 3.8) is 0 Å². The molecule has 0 atom stereocenters. The highest BCUT2D eigenvalue weighted by Crippen LogP contribution is 2.31. The standard InChI is InChI=1S/C15H19BrO3/c1-10-8-11(16)9-13(15(17)18)14(10)19-12-6-4-2-3-5-7-12/h8-9,12H,2-7H2,1H3,(H,17,18). The zero-order valence-electron chi connectivity index (χ0n) is 11.1. The summed E-state index contributed by atoms with van der Waals surface area (Å²) >= 11 is 3.33. The molecule has 104 valence electrons. The van der Waals surface area contributed by atoms with E-state index in [4.69, 9.17) is 4.74 Å². The molecule has 1 fully saturated rings. The highest BCUT2D eigenvalue weighted by atomic mass is 79.9. The van der Waals surface area contributed by atoms with Gasteiger partial charge >= 0.3 is 5.97 Å². The lowest BCUT2D eigenvalue weighted by molar-refractivity contribution is 0.0687. The second-order valence-electron chi connectivity index (χ2n) is 5.14. The lowest BCUT2D eigenvalue weighted by atomic mass is 10.1. The Bertz CT molecular complexity index is 463. The molecule has 0 radical (unpaired) electrons. The van der Waals surface area contributed by atoms with E-state index in [1.54, 1.807) is 6.07 Å². The third-order valence-electron chi connectivity index (χ3n) is 3.56. The van der Waals surface area contributed by atoms with Gasteiger partial charge < -0.3 is 9.84 Å². The topological polar surface area (TPSA) is 46.5 Å². The van der Waals surface area contributed by atoms with E-state index in [0.29, 0.717) is 5.75 Å². The Hall–Kier alpha value is -1.03. The highest BCUT2D eigenvalue weighted by molar-refractivity contribution is 9.10. The Morgan fingerprint density at radius 1 is 1.26 bits per heavy atom. The van der Waals surface area contributed by atoms with E-state index < -0.39 is 5.97 Å². The number of hydrogen-bond donors (Lipinski definition) is 1. The van der Waals surface area contributed by atoms with Crippen LogP contribution in [0.25, 0.3) is 0 Å². The van der Waals surface area contributed by atoms with E-state index >= 15 is 0 Å². The van der Waals surface area contributed by atoms with Crippen molar-refractivity contribution in [2.75, 3.05) is 0 Å². The molecule has 0 heterocycles. The molecule has 1 aromatic rings. The number of benzene rings is 1. The number of ether oxygens (including phenoxy) is 1. The molecular weight excluding hydrogens is 308 g/mol. The van der Waals surface area contributed by atoms with Crippen LogP contribution in [0.5, 0.6) is 5.75 Å². The summed E-state index contributed by atoms with van der Waals surface area (Å²) in [4.78, 5) is 11.3. The van der Waals surface area contributed by atoms with Crippen LogP contribution in [0.15, 0.2) is 16.6 Å². The number of aryl methyl sites for hydroxylation is 1. The molecule has 0 spiro atoms. The molecule has 1 aromatic carbocycles. The van der Waals surface area contributed by atoms with Crippen LogP contribution in [-0.4, -0.2) is 17.2 Å². The predicted molar refractivity (Wildman–Crippen MR) is 78.0 cm³/mol. The van der Waals surface area contributed by atoms with Gasteiger partial charge in [0.2, 0.25) is 0 Å². The molecule has 3 nitrogen and oxygen atoms in total. The SMILES string of the molecule is Cc1cc(Br)cc(C(=O)O)c1OC1CCCCCC1. The summed E-state index contributed by atoms with van der Waals surface area (Å²) in [6.07, 6.45) is 7.05. The van der Waals surface area contributed by atoms with Crippen LogP contribution < -0.4 is 4.74 Å². The van der Waals surface area contributed by atoms with Crippen molar-refractivity contribution in [3.8, 4) is 5.75 Å². The van der Waals surface area contributed by atoms with Gasteiger partial charge in [-0.3, -0.25) is 0 Å². The van der Waals surface area contributed by atoms with Gasteiger partial charge in [-0.2, -0.15) is 0 Å². The maximum Gasteiger partial charge on any atom is 0.339 e. The fourth-order valence-corrected chi connectivity index (χ4v) is 3.14. The molecule has 1 N–H and O–H groups in total. The molecule has 0 bridgehead atoms. The average molecular weight is 327 g/mol. The first-order valence-corrected chi connectivity index (χ1v) is 7.57. The maximum atomic E-state index is 11.3. The number of carbonyl (C=O) groups is 1. The van der Waals surface area contributed by atoms with E-state index in [9.17, 15) is 9.90 Å². The van der Waals surface area contributed by atoms with E-state index in [1.165, 1.54) is 25.7 Å². The summed E-state index contributed by atoms with van der Waals surface area (Å²) in [7, 11) is 0. The molecule has 1 saturated carbocycles. The minimum absolute atomic E-state index is 0.153. The number of aromatic carboxylic acids is 1. The minimum atomic E-state index is -0.937. The molecule has 0 aliphatic heterocycles. The average Bonchev–Trinajstić information content (AvgIpc) is 2.60. The van der Waals surface area contributed by atoms with Crippen LogP contribution in [0.3, 0.4) is 0 Å². The van der Waals surface area contributed by atoms with E-state index in [1.807, 2.05) is 13.0 Å². The Kier molecular flexibility index (Phi) is 4.86. The monoisotopic (exact) mass is 326 g/mol. The predicted octanol–water partition coefficient (Wildman–Crippen LogP) is 4.56. The van der Waals surface area contributed by atoms with Gasteiger partial charge in [0.1, 0.15) is 11.3 Å². The summed E-state index contributed by atoms with van der Waals surface area (Å²) in [5.41, 5.74) is 1.12. The van der Waals surface area contributed by atoms with Crippen molar-refractivity contribution >= 4 is 21.9 Å². The number of rotatable bonds is 3. The van der Waals surface area contributed by atoms with Gasteiger partial charge in [-0.15, -0.1) is 0 Å². The molecule has 1 aliphatic carbocycles. The van der Waals surface area contributed by atoms with Crippen LogP contribution in [0.4, 0.5) is 0 Å². The van der Waals surface area contributed by atoms with Crippen molar-refractivity contribution in [2.45, 2.75) is 51.6 Å². The number of hydrogen-bond acceptors (Lipinski definition) is 2. The Balaban J connectivity index is 2.25. The second-order valence-corrected chi connectivity index (χ2v) is 6.05. The lowest BCUT2D eigenvalue weighted by Gasteiger charge is -2.20. The smallest absolute Gasteiger partial charge is 0.339 e. The minimum Gasteiger partial charge on any atom is -0.489 e.